The van der Waals surface area contributed by atoms with E-state index in [1.807, 2.05) is 0 Å². The third kappa shape index (κ3) is 6.60. The van der Waals surface area contributed by atoms with Gasteiger partial charge >= 0.3 is 25.6 Å². The monoisotopic (exact) mass is 256 g/mol. The third-order valence-corrected chi connectivity index (χ3v) is 1.18. The number of aliphatic hydroxyl groups is 2. The predicted molar refractivity (Wildman–Crippen MR) is 39.0 cm³/mol. The minimum atomic E-state index is -0.574. The Hall–Kier alpha value is 0.479. The van der Waals surface area contributed by atoms with Crippen LogP contribution in [-0.4, -0.2) is 57.1 Å². The standard InChI is InChI=1S/C5H13NO2.O.Sn.H/c1-4(7)6(3)5(2)8;;;/h4-5,7-8H,1-3H3;;;. The van der Waals surface area contributed by atoms with Crippen LogP contribution in [0.2, 0.25) is 0 Å². The molecule has 2 atom stereocenters. The molecular weight excluding hydrogens is 241 g/mol. The fourth-order valence-electron chi connectivity index (χ4n) is 0.312. The van der Waals surface area contributed by atoms with Gasteiger partial charge in [0.05, 0.1) is 0 Å². The van der Waals surface area contributed by atoms with E-state index in [1.54, 1.807) is 20.9 Å². The molecule has 0 aromatic rings. The molecular formula is C5H14NO3Sn. The molecule has 5 heteroatoms. The number of aliphatic hydroxyl groups excluding tert-OH is 2. The molecule has 0 amide bonds. The molecule has 0 saturated heterocycles. The Labute approximate surface area is 74.3 Å². The summed E-state index contributed by atoms with van der Waals surface area (Å²) in [7, 11) is 1.65. The summed E-state index contributed by atoms with van der Waals surface area (Å²) in [5, 5.41) is 17.5. The van der Waals surface area contributed by atoms with Crippen LogP contribution in [0.15, 0.2) is 0 Å². The van der Waals surface area contributed by atoms with Crippen molar-refractivity contribution in [1.29, 1.82) is 0 Å². The molecule has 61 valence electrons. The van der Waals surface area contributed by atoms with E-state index in [2.05, 4.69) is 0 Å². The maximum atomic E-state index is 8.76. The summed E-state index contributed by atoms with van der Waals surface area (Å²) in [5.41, 5.74) is 0. The maximum absolute atomic E-state index is 8.76. The van der Waals surface area contributed by atoms with Crippen LogP contribution >= 0.6 is 0 Å². The summed E-state index contributed by atoms with van der Waals surface area (Å²) in [6, 6.07) is 0. The van der Waals surface area contributed by atoms with Gasteiger partial charge in [-0.05, 0) is 20.9 Å². The second-order valence-electron chi connectivity index (χ2n) is 1.93. The van der Waals surface area contributed by atoms with Crippen molar-refractivity contribution in [1.82, 2.24) is 4.90 Å². The van der Waals surface area contributed by atoms with Crippen LogP contribution in [0.5, 0.6) is 0 Å². The van der Waals surface area contributed by atoms with Gasteiger partial charge in [0.1, 0.15) is 12.5 Å². The van der Waals surface area contributed by atoms with Crippen LogP contribution in [0.4, 0.5) is 0 Å². The fourth-order valence-corrected chi connectivity index (χ4v) is 0.312. The van der Waals surface area contributed by atoms with E-state index >= 15 is 0 Å². The predicted octanol–water partition coefficient (Wildman–Crippen LogP) is -1.17. The van der Waals surface area contributed by atoms with Crippen molar-refractivity contribution in [2.24, 2.45) is 0 Å². The summed E-state index contributed by atoms with van der Waals surface area (Å²) in [6.45, 7) is 3.21. The average Bonchev–Trinajstić information content (AvgIpc) is 1.90. The topological polar surface area (TPSA) is 60.8 Å². The molecule has 0 spiro atoms. The van der Waals surface area contributed by atoms with Gasteiger partial charge in [0.25, 0.3) is 0 Å². The van der Waals surface area contributed by atoms with Crippen LogP contribution in [0.1, 0.15) is 13.8 Å². The SMILES string of the molecule is CC(O)N(C)C(C)O.[O]=[SnH]. The Morgan fingerprint density at radius 3 is 1.40 bits per heavy atom. The summed E-state index contributed by atoms with van der Waals surface area (Å²) >= 11 is 0.100. The Bertz CT molecular complexity index is 71.3. The van der Waals surface area contributed by atoms with Crippen LogP contribution in [-0.2, 0) is 3.08 Å². The summed E-state index contributed by atoms with van der Waals surface area (Å²) in [5.74, 6) is 0. The van der Waals surface area contributed by atoms with Gasteiger partial charge in [-0.1, -0.05) is 0 Å². The zero-order valence-electron chi connectivity index (χ0n) is 6.48. The van der Waals surface area contributed by atoms with Crippen molar-refractivity contribution in [2.75, 3.05) is 7.05 Å². The van der Waals surface area contributed by atoms with E-state index in [0.29, 0.717) is 0 Å². The first-order chi connectivity index (χ1) is 4.55. The van der Waals surface area contributed by atoms with Gasteiger partial charge < -0.3 is 10.2 Å². The molecule has 1 radical (unpaired) electrons. The van der Waals surface area contributed by atoms with Crippen molar-refractivity contribution in [3.05, 3.63) is 0 Å². The molecule has 2 N–H and O–H groups in total. The second-order valence-corrected chi connectivity index (χ2v) is 1.93. The van der Waals surface area contributed by atoms with Crippen molar-refractivity contribution in [2.45, 2.75) is 26.3 Å². The van der Waals surface area contributed by atoms with E-state index in [-0.39, 0.29) is 22.5 Å². The van der Waals surface area contributed by atoms with Crippen molar-refractivity contribution in [3.63, 3.8) is 0 Å². The Morgan fingerprint density at radius 2 is 1.40 bits per heavy atom. The third-order valence-electron chi connectivity index (χ3n) is 1.18. The summed E-state index contributed by atoms with van der Waals surface area (Å²) in [6.07, 6.45) is -1.15. The Balaban J connectivity index is 0. The first-order valence-electron chi connectivity index (χ1n) is 2.87. The molecule has 4 nitrogen and oxygen atoms in total. The van der Waals surface area contributed by atoms with Gasteiger partial charge in [0.2, 0.25) is 0 Å². The number of rotatable bonds is 2. The first-order valence-corrected chi connectivity index (χ1v) is 4.22. The van der Waals surface area contributed by atoms with Crippen molar-refractivity contribution < 1.29 is 13.3 Å². The van der Waals surface area contributed by atoms with Crippen molar-refractivity contribution >= 4 is 22.5 Å². The molecule has 0 aliphatic heterocycles. The van der Waals surface area contributed by atoms with Crippen LogP contribution in [0, 0.1) is 0 Å². The van der Waals surface area contributed by atoms with Gasteiger partial charge in [0, 0.05) is 0 Å². The molecule has 0 aromatic carbocycles. The molecule has 0 saturated carbocycles. The van der Waals surface area contributed by atoms with Crippen LogP contribution in [0.25, 0.3) is 0 Å². The molecule has 0 fully saturated rings. The molecule has 0 heterocycles. The van der Waals surface area contributed by atoms with E-state index in [4.69, 9.17) is 13.3 Å². The van der Waals surface area contributed by atoms with Gasteiger partial charge in [-0.3, -0.25) is 4.90 Å². The van der Waals surface area contributed by atoms with E-state index < -0.39 is 12.5 Å². The number of nitrogens with zero attached hydrogens (tertiary/aromatic N) is 1. The van der Waals surface area contributed by atoms with E-state index in [0.717, 1.165) is 0 Å². The second kappa shape index (κ2) is 7.58. The number of hydrogen-bond donors (Lipinski definition) is 2. The average molecular weight is 255 g/mol. The first kappa shape index (κ1) is 13.1. The molecule has 0 rings (SSSR count). The molecule has 2 unspecified atom stereocenters. The zero-order valence-corrected chi connectivity index (χ0v) is 9.78. The van der Waals surface area contributed by atoms with Gasteiger partial charge in [-0.15, -0.1) is 0 Å². The summed E-state index contributed by atoms with van der Waals surface area (Å²) in [4.78, 5) is 1.44. The van der Waals surface area contributed by atoms with E-state index in [9.17, 15) is 0 Å². The molecule has 0 aliphatic rings. The molecule has 10 heavy (non-hydrogen) atoms. The van der Waals surface area contributed by atoms with Crippen LogP contribution < -0.4 is 0 Å². The summed E-state index contributed by atoms with van der Waals surface area (Å²) < 4.78 is 8.38. The fraction of sp³-hybridized carbons (Fsp3) is 1.00. The normalized spacial score (nSPS) is 15.4. The Morgan fingerprint density at radius 1 is 1.20 bits per heavy atom. The molecule has 0 bridgehead atoms. The number of hydrogen-bond acceptors (Lipinski definition) is 4. The van der Waals surface area contributed by atoms with E-state index in [1.165, 1.54) is 4.90 Å². The van der Waals surface area contributed by atoms with Gasteiger partial charge in [-0.25, -0.2) is 0 Å². The van der Waals surface area contributed by atoms with Crippen molar-refractivity contribution in [3.8, 4) is 0 Å². The molecule has 0 aromatic heterocycles. The molecule has 0 aliphatic carbocycles. The minimum absolute atomic E-state index is 0.100. The van der Waals surface area contributed by atoms with Crippen LogP contribution in [0.3, 0.4) is 0 Å². The Kier molecular flexibility index (Phi) is 9.93. The zero-order chi connectivity index (χ0) is 8.73. The quantitative estimate of drug-likeness (QED) is 0.482. The van der Waals surface area contributed by atoms with Gasteiger partial charge in [-0.2, -0.15) is 0 Å². The van der Waals surface area contributed by atoms with Gasteiger partial charge in [0.15, 0.2) is 0 Å².